The fraction of sp³-hybridized carbons (Fsp3) is 0.139. The van der Waals surface area contributed by atoms with Crippen LogP contribution >= 0.6 is 0 Å². The maximum absolute atomic E-state index is 6.43. The van der Waals surface area contributed by atoms with Gasteiger partial charge in [-0.3, -0.25) is 4.99 Å². The van der Waals surface area contributed by atoms with Crippen LogP contribution in [0.1, 0.15) is 34.6 Å². The minimum atomic E-state index is -0.0418. The van der Waals surface area contributed by atoms with Gasteiger partial charge in [-0.15, -0.1) is 0 Å². The summed E-state index contributed by atoms with van der Waals surface area (Å²) in [4.78, 5) is 14.8. The minimum Gasteiger partial charge on any atom is -0.467 e. The van der Waals surface area contributed by atoms with Gasteiger partial charge in [0.2, 0.25) is 5.90 Å². The van der Waals surface area contributed by atoms with Gasteiger partial charge in [0, 0.05) is 33.4 Å². The quantitative estimate of drug-likeness (QED) is 0.191. The summed E-state index contributed by atoms with van der Waals surface area (Å²) < 4.78 is 12.5. The van der Waals surface area contributed by atoms with E-state index in [2.05, 4.69) is 30.4 Å². The summed E-state index contributed by atoms with van der Waals surface area (Å²) in [6, 6.07) is 32.5. The van der Waals surface area contributed by atoms with Gasteiger partial charge in [-0.05, 0) is 42.3 Å². The van der Waals surface area contributed by atoms with E-state index in [4.69, 9.17) is 29.9 Å². The molecule has 8 rings (SSSR count). The summed E-state index contributed by atoms with van der Waals surface area (Å²) in [6.45, 7) is 0. The molecular weight excluding hydrogens is 520 g/mol. The molecular formula is C36H28N4O2. The van der Waals surface area contributed by atoms with E-state index < -0.39 is 0 Å². The lowest BCUT2D eigenvalue weighted by Crippen LogP contribution is -2.19. The molecule has 1 aromatic heterocycles. The van der Waals surface area contributed by atoms with Crippen molar-refractivity contribution in [3.63, 3.8) is 0 Å². The Balaban J connectivity index is 1.16. The van der Waals surface area contributed by atoms with Crippen molar-refractivity contribution in [3.05, 3.63) is 144 Å². The van der Waals surface area contributed by atoms with Crippen LogP contribution < -0.4 is 5.73 Å². The highest BCUT2D eigenvalue weighted by Crippen LogP contribution is 2.48. The summed E-state index contributed by atoms with van der Waals surface area (Å²) in [5, 5.41) is 2.19. The normalized spacial score (nSPS) is 23.2. The van der Waals surface area contributed by atoms with Gasteiger partial charge in [-0.1, -0.05) is 91.0 Å². The number of furan rings is 1. The molecule has 6 heteroatoms. The van der Waals surface area contributed by atoms with E-state index in [9.17, 15) is 0 Å². The molecule has 1 aliphatic heterocycles. The molecule has 5 aromatic rings. The van der Waals surface area contributed by atoms with Gasteiger partial charge in [0.25, 0.3) is 0 Å². The van der Waals surface area contributed by atoms with Crippen molar-refractivity contribution in [1.29, 1.82) is 0 Å². The zero-order valence-corrected chi connectivity index (χ0v) is 22.8. The first kappa shape index (κ1) is 24.6. The Morgan fingerprint density at radius 3 is 2.40 bits per heavy atom. The van der Waals surface area contributed by atoms with Crippen molar-refractivity contribution >= 4 is 39.5 Å². The average molecular weight is 549 g/mol. The second-order valence-electron chi connectivity index (χ2n) is 10.9. The Morgan fingerprint density at radius 1 is 0.810 bits per heavy atom. The minimum absolute atomic E-state index is 0.0276. The Morgan fingerprint density at radius 2 is 1.60 bits per heavy atom. The third kappa shape index (κ3) is 4.41. The third-order valence-corrected chi connectivity index (χ3v) is 8.12. The molecule has 4 aromatic carbocycles. The largest absolute Gasteiger partial charge is 0.467 e. The van der Waals surface area contributed by atoms with Crippen LogP contribution in [0.5, 0.6) is 0 Å². The third-order valence-electron chi connectivity index (χ3n) is 8.12. The van der Waals surface area contributed by atoms with Crippen molar-refractivity contribution in [1.82, 2.24) is 0 Å². The van der Waals surface area contributed by atoms with Crippen LogP contribution in [-0.2, 0) is 4.74 Å². The van der Waals surface area contributed by atoms with Gasteiger partial charge >= 0.3 is 0 Å². The molecule has 0 spiro atoms. The zero-order valence-electron chi connectivity index (χ0n) is 22.8. The molecule has 0 radical (unpaired) electrons. The van der Waals surface area contributed by atoms with Crippen LogP contribution in [0.3, 0.4) is 0 Å². The van der Waals surface area contributed by atoms with Gasteiger partial charge in [0.1, 0.15) is 29.1 Å². The lowest BCUT2D eigenvalue weighted by molar-refractivity contribution is 0.255. The number of rotatable bonds is 5. The maximum atomic E-state index is 6.43. The number of benzene rings is 4. The second kappa shape index (κ2) is 10.00. The Hall–Kier alpha value is -5.23. The number of fused-ring (bicyclic) bond motifs is 4. The van der Waals surface area contributed by atoms with Crippen molar-refractivity contribution in [2.45, 2.75) is 30.5 Å². The number of hydrogen-bond acceptors (Lipinski definition) is 4. The first-order valence-corrected chi connectivity index (χ1v) is 14.3. The molecule has 4 unspecified atom stereocenters. The second-order valence-corrected chi connectivity index (χ2v) is 10.9. The summed E-state index contributed by atoms with van der Waals surface area (Å²) in [7, 11) is 0. The standard InChI is InChI=1S/C36H28N4O2/c37-34(22-10-3-1-4-11-22)40-35(23-12-5-2-6-13-23)38-29-21-26(29)25-14-9-17-32-33(25)27-20-24(18-19-30(27)41-32)36-39-28-15-7-8-16-31(28)42-36/h1-20,26,28-29,31H,21H2,(H2,37,38,40). The average Bonchev–Trinajstić information content (AvgIpc) is 3.49. The summed E-state index contributed by atoms with van der Waals surface area (Å²) in [5.74, 6) is 2.03. The molecule has 1 saturated carbocycles. The van der Waals surface area contributed by atoms with E-state index in [1.807, 2.05) is 91.0 Å². The fourth-order valence-electron chi connectivity index (χ4n) is 5.89. The molecule has 6 nitrogen and oxygen atoms in total. The van der Waals surface area contributed by atoms with Crippen LogP contribution in [0.2, 0.25) is 0 Å². The van der Waals surface area contributed by atoms with E-state index in [-0.39, 0.29) is 24.1 Å². The molecule has 2 aliphatic carbocycles. The van der Waals surface area contributed by atoms with Gasteiger partial charge in [0.15, 0.2) is 5.84 Å². The van der Waals surface area contributed by atoms with Crippen molar-refractivity contribution in [2.24, 2.45) is 20.7 Å². The Kier molecular flexibility index (Phi) is 5.85. The predicted octanol–water partition coefficient (Wildman–Crippen LogP) is 6.93. The summed E-state index contributed by atoms with van der Waals surface area (Å²) in [5.41, 5.74) is 12.2. The molecule has 42 heavy (non-hydrogen) atoms. The van der Waals surface area contributed by atoms with E-state index in [0.717, 1.165) is 45.0 Å². The van der Waals surface area contributed by atoms with Crippen molar-refractivity contribution in [3.8, 4) is 0 Å². The summed E-state index contributed by atoms with van der Waals surface area (Å²) in [6.07, 6.45) is 9.06. The first-order valence-electron chi connectivity index (χ1n) is 14.3. The number of ether oxygens (including phenoxy) is 1. The first-order chi connectivity index (χ1) is 20.7. The molecule has 0 bridgehead atoms. The number of nitrogens with two attached hydrogens (primary N) is 1. The topological polar surface area (TPSA) is 85.5 Å². The number of aliphatic imine (C=N–C) groups is 3. The van der Waals surface area contributed by atoms with E-state index in [1.54, 1.807) is 0 Å². The molecule has 2 N–H and O–H groups in total. The SMILES string of the molecule is NC(=NC(=NC1CC1c1cccc2oc3ccc(C4=NC5C=CC=CC5O4)cc3c12)c1ccccc1)c1ccccc1. The van der Waals surface area contributed by atoms with Crippen LogP contribution in [0.4, 0.5) is 0 Å². The van der Waals surface area contributed by atoms with E-state index in [0.29, 0.717) is 17.6 Å². The zero-order chi connectivity index (χ0) is 28.0. The maximum Gasteiger partial charge on any atom is 0.217 e. The van der Waals surface area contributed by atoms with Crippen molar-refractivity contribution in [2.75, 3.05) is 0 Å². The molecule has 204 valence electrons. The lowest BCUT2D eigenvalue weighted by Gasteiger charge is -2.12. The molecule has 4 atom stereocenters. The molecule has 0 saturated heterocycles. The number of allylic oxidation sites excluding steroid dienone is 2. The fourth-order valence-corrected chi connectivity index (χ4v) is 5.89. The van der Waals surface area contributed by atoms with Crippen LogP contribution in [-0.4, -0.2) is 35.8 Å². The van der Waals surface area contributed by atoms with Crippen LogP contribution in [0, 0.1) is 0 Å². The van der Waals surface area contributed by atoms with Crippen LogP contribution in [0.15, 0.2) is 141 Å². The van der Waals surface area contributed by atoms with Gasteiger partial charge in [-0.2, -0.15) is 0 Å². The molecule has 1 fully saturated rings. The van der Waals surface area contributed by atoms with Crippen LogP contribution in [0.25, 0.3) is 21.9 Å². The Labute approximate surface area is 243 Å². The molecule has 0 amide bonds. The highest BCUT2D eigenvalue weighted by atomic mass is 16.5. The van der Waals surface area contributed by atoms with Gasteiger partial charge < -0.3 is 14.9 Å². The smallest absolute Gasteiger partial charge is 0.217 e. The number of amidine groups is 2. The number of hydrogen-bond donors (Lipinski definition) is 1. The summed E-state index contributed by atoms with van der Waals surface area (Å²) >= 11 is 0. The van der Waals surface area contributed by atoms with Crippen molar-refractivity contribution < 1.29 is 9.15 Å². The van der Waals surface area contributed by atoms with E-state index >= 15 is 0 Å². The molecule has 2 heterocycles. The molecule has 3 aliphatic rings. The number of nitrogens with zero attached hydrogens (tertiary/aromatic N) is 3. The van der Waals surface area contributed by atoms with Gasteiger partial charge in [0.05, 0.1) is 6.04 Å². The highest BCUT2D eigenvalue weighted by Gasteiger charge is 2.40. The lowest BCUT2D eigenvalue weighted by atomic mass is 10.0. The highest BCUT2D eigenvalue weighted by molar-refractivity contribution is 6.12. The monoisotopic (exact) mass is 548 g/mol. The Bertz CT molecular complexity index is 1970. The van der Waals surface area contributed by atoms with E-state index in [1.165, 1.54) is 5.56 Å². The predicted molar refractivity (Wildman–Crippen MR) is 168 cm³/mol. The van der Waals surface area contributed by atoms with Gasteiger partial charge in [-0.25, -0.2) is 9.98 Å².